The molecule has 0 bridgehead atoms. The zero-order chi connectivity index (χ0) is 18.3. The summed E-state index contributed by atoms with van der Waals surface area (Å²) in [5.74, 6) is 0.762. The van der Waals surface area contributed by atoms with Crippen molar-refractivity contribution in [2.24, 2.45) is 0 Å². The largest absolute Gasteiger partial charge is 0.586 e. The van der Waals surface area contributed by atoms with Crippen molar-refractivity contribution in [3.8, 4) is 23.0 Å². The quantitative estimate of drug-likeness (QED) is 0.738. The summed E-state index contributed by atoms with van der Waals surface area (Å²) in [4.78, 5) is 0. The third-order valence-corrected chi connectivity index (χ3v) is 3.86. The molecule has 6 nitrogen and oxygen atoms in total. The summed E-state index contributed by atoms with van der Waals surface area (Å²) in [6.07, 6.45) is -3.64. The first-order valence-electron chi connectivity index (χ1n) is 7.96. The molecule has 1 atom stereocenters. The van der Waals surface area contributed by atoms with Crippen LogP contribution >= 0.6 is 0 Å². The Labute approximate surface area is 147 Å². The van der Waals surface area contributed by atoms with Crippen molar-refractivity contribution in [1.29, 1.82) is 0 Å². The summed E-state index contributed by atoms with van der Waals surface area (Å²) in [6.45, 7) is 3.81. The molecule has 1 N–H and O–H groups in total. The number of alkyl halides is 2. The second-order valence-corrected chi connectivity index (χ2v) is 6.01. The molecule has 0 amide bonds. The van der Waals surface area contributed by atoms with Gasteiger partial charge < -0.3 is 19.2 Å². The smallest absolute Gasteiger partial charge is 0.418 e. The molecule has 2 heterocycles. The number of fused-ring (bicyclic) bond motifs is 1. The fourth-order valence-electron chi connectivity index (χ4n) is 2.65. The van der Waals surface area contributed by atoms with Gasteiger partial charge >= 0.3 is 6.29 Å². The minimum Gasteiger partial charge on any atom is -0.418 e. The average molecular weight is 359 g/mol. The lowest BCUT2D eigenvalue weighted by molar-refractivity contribution is -0.286. The highest BCUT2D eigenvalue weighted by molar-refractivity contribution is 5.57. The monoisotopic (exact) mass is 359 g/mol. The number of hydrogen-bond donors (Lipinski definition) is 1. The van der Waals surface area contributed by atoms with Crippen LogP contribution in [0.2, 0.25) is 0 Å². The van der Waals surface area contributed by atoms with Crippen LogP contribution in [0, 0.1) is 6.92 Å². The second kappa shape index (κ2) is 5.98. The summed E-state index contributed by atoms with van der Waals surface area (Å²) in [7, 11) is 0. The molecule has 3 aromatic rings. The first-order valence-corrected chi connectivity index (χ1v) is 7.96. The number of rotatable bonds is 4. The zero-order valence-electron chi connectivity index (χ0n) is 14.0. The molecule has 0 fully saturated rings. The summed E-state index contributed by atoms with van der Waals surface area (Å²) < 4.78 is 40.7. The Morgan fingerprint density at radius 3 is 2.65 bits per heavy atom. The molecule has 0 aliphatic carbocycles. The topological polar surface area (TPSA) is 69.4 Å². The number of benzene rings is 2. The molecule has 0 saturated heterocycles. The molecular formula is C18H15F2N3O3. The molecule has 1 aliphatic heterocycles. The van der Waals surface area contributed by atoms with Crippen LogP contribution in [0.4, 0.5) is 14.5 Å². The van der Waals surface area contributed by atoms with Gasteiger partial charge in [0, 0.05) is 17.3 Å². The SMILES string of the molecule is Cc1cccc(-c2nnc([C@@H](C)Nc3ccc4c(c3)OC(F)(F)O4)o2)c1. The Bertz CT molecular complexity index is 958. The Morgan fingerprint density at radius 2 is 1.85 bits per heavy atom. The van der Waals surface area contributed by atoms with Gasteiger partial charge in [-0.1, -0.05) is 17.7 Å². The molecule has 0 spiro atoms. The summed E-state index contributed by atoms with van der Waals surface area (Å²) >= 11 is 0. The Morgan fingerprint density at radius 1 is 1.04 bits per heavy atom. The predicted octanol–water partition coefficient (Wildman–Crippen LogP) is 4.54. The van der Waals surface area contributed by atoms with Gasteiger partial charge in [-0.25, -0.2) is 0 Å². The Hall–Kier alpha value is -3.16. The van der Waals surface area contributed by atoms with Crippen LogP contribution in [0.3, 0.4) is 0 Å². The number of halogens is 2. The van der Waals surface area contributed by atoms with E-state index in [1.165, 1.54) is 12.1 Å². The highest BCUT2D eigenvalue weighted by Gasteiger charge is 2.43. The molecule has 0 unspecified atom stereocenters. The van der Waals surface area contributed by atoms with E-state index < -0.39 is 6.29 Å². The van der Waals surface area contributed by atoms with Crippen LogP contribution in [0.15, 0.2) is 46.9 Å². The predicted molar refractivity (Wildman–Crippen MR) is 89.2 cm³/mol. The van der Waals surface area contributed by atoms with Gasteiger partial charge in [0.15, 0.2) is 11.5 Å². The minimum absolute atomic E-state index is 0.00673. The zero-order valence-corrected chi connectivity index (χ0v) is 14.0. The standard InChI is InChI=1S/C18H15F2N3O3/c1-10-4-3-5-12(8-10)17-23-22-16(24-17)11(2)21-13-6-7-14-15(9-13)26-18(19,20)25-14/h3-9,11,21H,1-2H3/t11-/m1/s1. The summed E-state index contributed by atoms with van der Waals surface area (Å²) in [5.41, 5.74) is 2.49. The highest BCUT2D eigenvalue weighted by Crippen LogP contribution is 2.42. The molecule has 2 aromatic carbocycles. The first kappa shape index (κ1) is 16.3. The number of aromatic nitrogens is 2. The maximum atomic E-state index is 13.1. The van der Waals surface area contributed by atoms with Crippen molar-refractivity contribution in [1.82, 2.24) is 10.2 Å². The number of nitrogens with one attached hydrogen (secondary N) is 1. The van der Waals surface area contributed by atoms with Crippen LogP contribution in [0.1, 0.15) is 24.4 Å². The molecule has 1 aliphatic rings. The summed E-state index contributed by atoms with van der Waals surface area (Å²) in [6, 6.07) is 11.9. The number of hydrogen-bond acceptors (Lipinski definition) is 6. The van der Waals surface area contributed by atoms with Crippen molar-refractivity contribution in [3.63, 3.8) is 0 Å². The van der Waals surface area contributed by atoms with E-state index in [1.54, 1.807) is 6.07 Å². The highest BCUT2D eigenvalue weighted by atomic mass is 19.3. The van der Waals surface area contributed by atoms with E-state index in [0.717, 1.165) is 11.1 Å². The Kier molecular flexibility index (Phi) is 3.75. The number of anilines is 1. The third-order valence-electron chi connectivity index (χ3n) is 3.86. The molecule has 134 valence electrons. The number of ether oxygens (including phenoxy) is 2. The van der Waals surface area contributed by atoms with Crippen LogP contribution in [0.5, 0.6) is 11.5 Å². The first-order chi connectivity index (χ1) is 12.4. The second-order valence-electron chi connectivity index (χ2n) is 6.01. The van der Waals surface area contributed by atoms with E-state index in [2.05, 4.69) is 25.0 Å². The average Bonchev–Trinajstić information content (AvgIpc) is 3.17. The normalized spacial score (nSPS) is 15.7. The van der Waals surface area contributed by atoms with Crippen molar-refractivity contribution >= 4 is 5.69 Å². The van der Waals surface area contributed by atoms with Crippen LogP contribution in [-0.4, -0.2) is 16.5 Å². The van der Waals surface area contributed by atoms with Crippen molar-refractivity contribution in [3.05, 3.63) is 53.9 Å². The van der Waals surface area contributed by atoms with E-state index in [9.17, 15) is 8.78 Å². The van der Waals surface area contributed by atoms with Crippen molar-refractivity contribution < 1.29 is 22.7 Å². The van der Waals surface area contributed by atoms with Crippen molar-refractivity contribution in [2.75, 3.05) is 5.32 Å². The minimum atomic E-state index is -3.64. The van der Waals surface area contributed by atoms with Gasteiger partial charge in [-0.05, 0) is 38.1 Å². The molecule has 4 rings (SSSR count). The van der Waals surface area contributed by atoms with Crippen LogP contribution in [0.25, 0.3) is 11.5 Å². The lowest BCUT2D eigenvalue weighted by Gasteiger charge is -2.11. The lowest BCUT2D eigenvalue weighted by Crippen LogP contribution is -2.25. The molecule has 8 heteroatoms. The lowest BCUT2D eigenvalue weighted by atomic mass is 10.1. The van der Waals surface area contributed by atoms with E-state index in [-0.39, 0.29) is 17.5 Å². The van der Waals surface area contributed by atoms with E-state index >= 15 is 0 Å². The van der Waals surface area contributed by atoms with Crippen LogP contribution < -0.4 is 14.8 Å². The molecule has 1 aromatic heterocycles. The van der Waals surface area contributed by atoms with E-state index in [0.29, 0.717) is 17.5 Å². The van der Waals surface area contributed by atoms with Crippen molar-refractivity contribution in [2.45, 2.75) is 26.2 Å². The summed E-state index contributed by atoms with van der Waals surface area (Å²) in [5, 5.41) is 11.2. The maximum Gasteiger partial charge on any atom is 0.586 e. The molecule has 26 heavy (non-hydrogen) atoms. The van der Waals surface area contributed by atoms with Gasteiger partial charge in [0.2, 0.25) is 11.8 Å². The fraction of sp³-hybridized carbons (Fsp3) is 0.222. The number of aryl methyl sites for hydroxylation is 1. The number of nitrogens with zero attached hydrogens (tertiary/aromatic N) is 2. The van der Waals surface area contributed by atoms with E-state index in [1.807, 2.05) is 38.1 Å². The Balaban J connectivity index is 1.50. The van der Waals surface area contributed by atoms with Gasteiger partial charge in [-0.15, -0.1) is 19.0 Å². The van der Waals surface area contributed by atoms with Gasteiger partial charge in [0.05, 0.1) is 0 Å². The van der Waals surface area contributed by atoms with Gasteiger partial charge in [0.25, 0.3) is 0 Å². The van der Waals surface area contributed by atoms with Gasteiger partial charge in [-0.2, -0.15) is 0 Å². The fourth-order valence-corrected chi connectivity index (χ4v) is 2.65. The maximum absolute atomic E-state index is 13.1. The van der Waals surface area contributed by atoms with Gasteiger partial charge in [-0.3, -0.25) is 0 Å². The molecular weight excluding hydrogens is 344 g/mol. The molecule has 0 saturated carbocycles. The van der Waals surface area contributed by atoms with Gasteiger partial charge in [0.1, 0.15) is 6.04 Å². The van der Waals surface area contributed by atoms with Crippen LogP contribution in [-0.2, 0) is 0 Å². The third kappa shape index (κ3) is 3.17. The van der Waals surface area contributed by atoms with E-state index in [4.69, 9.17) is 4.42 Å². The molecule has 0 radical (unpaired) electrons.